The first-order valence-electron chi connectivity index (χ1n) is 6.33. The molecule has 0 aliphatic rings. The summed E-state index contributed by atoms with van der Waals surface area (Å²) in [5.74, 6) is 1.01. The van der Waals surface area contributed by atoms with Crippen molar-refractivity contribution in [2.24, 2.45) is 5.92 Å². The second-order valence-electron chi connectivity index (χ2n) is 4.81. The molecule has 0 aromatic carbocycles. The zero-order valence-corrected chi connectivity index (χ0v) is 12.9. The van der Waals surface area contributed by atoms with Crippen LogP contribution in [0.15, 0.2) is 21.5 Å². The molecule has 102 valence electrons. The van der Waals surface area contributed by atoms with Crippen LogP contribution in [0.2, 0.25) is 0 Å². The third kappa shape index (κ3) is 2.94. The predicted octanol–water partition coefficient (Wildman–Crippen LogP) is 2.61. The molecule has 0 saturated heterocycles. The maximum Gasteiger partial charge on any atom is 0.265 e. The molecule has 2 aromatic rings. The van der Waals surface area contributed by atoms with E-state index in [-0.39, 0.29) is 5.56 Å². The molecule has 0 bridgehead atoms. The predicted molar refractivity (Wildman–Crippen MR) is 78.0 cm³/mol. The van der Waals surface area contributed by atoms with Gasteiger partial charge in [0.15, 0.2) is 5.82 Å². The van der Waals surface area contributed by atoms with Crippen LogP contribution in [-0.2, 0) is 13.0 Å². The van der Waals surface area contributed by atoms with Gasteiger partial charge in [-0.1, -0.05) is 13.8 Å². The zero-order chi connectivity index (χ0) is 14.0. The number of nitrogens with zero attached hydrogens (tertiary/aromatic N) is 3. The normalized spacial score (nSPS) is 11.2. The quantitative estimate of drug-likeness (QED) is 0.940. The fourth-order valence-electron chi connectivity index (χ4n) is 1.93. The number of nitrogens with one attached hydrogen (secondary N) is 1. The average molecular weight is 325 g/mol. The number of hydrogen-bond acceptors (Lipinski definition) is 3. The van der Waals surface area contributed by atoms with Gasteiger partial charge in [0.2, 0.25) is 0 Å². The van der Waals surface area contributed by atoms with Crippen molar-refractivity contribution in [2.45, 2.75) is 33.7 Å². The molecule has 0 spiro atoms. The van der Waals surface area contributed by atoms with Gasteiger partial charge in [0.1, 0.15) is 10.2 Å². The number of aromatic nitrogens is 4. The fourth-order valence-corrected chi connectivity index (χ4v) is 2.28. The van der Waals surface area contributed by atoms with Crippen molar-refractivity contribution in [3.05, 3.63) is 32.8 Å². The summed E-state index contributed by atoms with van der Waals surface area (Å²) in [7, 11) is 0. The highest BCUT2D eigenvalue weighted by Gasteiger charge is 2.13. The summed E-state index contributed by atoms with van der Waals surface area (Å²) in [5.41, 5.74) is 1.47. The van der Waals surface area contributed by atoms with Gasteiger partial charge in [0.05, 0.1) is 5.69 Å². The summed E-state index contributed by atoms with van der Waals surface area (Å²) < 4.78 is 2.33. The van der Waals surface area contributed by atoms with Crippen molar-refractivity contribution in [2.75, 3.05) is 0 Å². The summed E-state index contributed by atoms with van der Waals surface area (Å²) >= 11 is 3.31. The van der Waals surface area contributed by atoms with Crippen molar-refractivity contribution in [3.8, 4) is 11.5 Å². The minimum absolute atomic E-state index is 0.149. The van der Waals surface area contributed by atoms with E-state index >= 15 is 0 Å². The van der Waals surface area contributed by atoms with Crippen molar-refractivity contribution < 1.29 is 0 Å². The lowest BCUT2D eigenvalue weighted by atomic mass is 10.1. The first-order valence-corrected chi connectivity index (χ1v) is 7.13. The molecule has 0 atom stereocenters. The number of aryl methyl sites for hydroxylation is 1. The van der Waals surface area contributed by atoms with E-state index in [2.05, 4.69) is 44.8 Å². The van der Waals surface area contributed by atoms with Crippen LogP contribution in [0, 0.1) is 5.92 Å². The molecular weight excluding hydrogens is 308 g/mol. The molecular formula is C13H17BrN4O. The lowest BCUT2D eigenvalue weighted by Crippen LogP contribution is -2.16. The average Bonchev–Trinajstić information content (AvgIpc) is 2.82. The van der Waals surface area contributed by atoms with Gasteiger partial charge >= 0.3 is 0 Å². The molecule has 0 aliphatic heterocycles. The van der Waals surface area contributed by atoms with Crippen LogP contribution in [0.4, 0.5) is 0 Å². The maximum absolute atomic E-state index is 12.0. The topological polar surface area (TPSA) is 63.6 Å². The molecule has 19 heavy (non-hydrogen) atoms. The molecule has 0 aliphatic carbocycles. The molecule has 1 N–H and O–H groups in total. The highest BCUT2D eigenvalue weighted by molar-refractivity contribution is 9.10. The summed E-state index contributed by atoms with van der Waals surface area (Å²) in [6.07, 6.45) is 2.47. The largest absolute Gasteiger partial charge is 0.304 e. The number of hydrogen-bond donors (Lipinski definition) is 1. The molecule has 0 saturated carbocycles. The van der Waals surface area contributed by atoms with Gasteiger partial charge in [-0.25, -0.2) is 4.98 Å². The van der Waals surface area contributed by atoms with Crippen molar-refractivity contribution in [1.29, 1.82) is 0 Å². The first kappa shape index (κ1) is 14.0. The Labute approximate surface area is 120 Å². The van der Waals surface area contributed by atoms with E-state index in [1.807, 2.05) is 17.7 Å². The molecule has 2 heterocycles. The summed E-state index contributed by atoms with van der Waals surface area (Å²) in [6, 6.07) is 1.86. The second-order valence-corrected chi connectivity index (χ2v) is 5.60. The Hall–Kier alpha value is -1.43. The Morgan fingerprint density at radius 2 is 2.21 bits per heavy atom. The van der Waals surface area contributed by atoms with E-state index in [0.717, 1.165) is 24.4 Å². The van der Waals surface area contributed by atoms with Gasteiger partial charge in [-0.15, -0.1) is 0 Å². The third-order valence-corrected chi connectivity index (χ3v) is 3.61. The molecule has 0 radical (unpaired) electrons. The van der Waals surface area contributed by atoms with E-state index in [1.165, 1.54) is 0 Å². The SMILES string of the molecule is CCn1nccc1-c1nc(CC(C)C)c(Br)c(=O)[nH]1. The van der Waals surface area contributed by atoms with Gasteiger partial charge in [-0.05, 0) is 41.3 Å². The van der Waals surface area contributed by atoms with Crippen LogP contribution in [-0.4, -0.2) is 19.7 Å². The minimum atomic E-state index is -0.149. The van der Waals surface area contributed by atoms with E-state index in [0.29, 0.717) is 16.2 Å². The minimum Gasteiger partial charge on any atom is -0.304 e. The third-order valence-electron chi connectivity index (χ3n) is 2.79. The lowest BCUT2D eigenvalue weighted by molar-refractivity contribution is 0.628. The Balaban J connectivity index is 2.53. The number of aromatic amines is 1. The van der Waals surface area contributed by atoms with Gasteiger partial charge in [0.25, 0.3) is 5.56 Å². The zero-order valence-electron chi connectivity index (χ0n) is 11.3. The van der Waals surface area contributed by atoms with Gasteiger partial charge in [-0.2, -0.15) is 5.10 Å². The molecule has 2 rings (SSSR count). The Bertz CT molecular complexity index is 630. The standard InChI is InChI=1S/C13H17BrN4O/c1-4-18-10(5-6-15-18)12-16-9(7-8(2)3)11(14)13(19)17-12/h5-6,8H,4,7H2,1-3H3,(H,16,17,19). The molecule has 0 fully saturated rings. The van der Waals surface area contributed by atoms with E-state index in [9.17, 15) is 4.79 Å². The van der Waals surface area contributed by atoms with Gasteiger partial charge in [0, 0.05) is 12.7 Å². The highest BCUT2D eigenvalue weighted by Crippen LogP contribution is 2.18. The Morgan fingerprint density at radius 3 is 2.84 bits per heavy atom. The summed E-state index contributed by atoms with van der Waals surface area (Å²) in [4.78, 5) is 19.3. The second kappa shape index (κ2) is 5.69. The van der Waals surface area contributed by atoms with Crippen molar-refractivity contribution in [1.82, 2.24) is 19.7 Å². The number of H-pyrrole nitrogens is 1. The van der Waals surface area contributed by atoms with Crippen LogP contribution < -0.4 is 5.56 Å². The molecule has 6 heteroatoms. The first-order chi connectivity index (χ1) is 9.02. The Morgan fingerprint density at radius 1 is 1.47 bits per heavy atom. The van der Waals surface area contributed by atoms with Crippen LogP contribution >= 0.6 is 15.9 Å². The van der Waals surface area contributed by atoms with Crippen LogP contribution in [0.25, 0.3) is 11.5 Å². The molecule has 0 amide bonds. The van der Waals surface area contributed by atoms with Crippen LogP contribution in [0.5, 0.6) is 0 Å². The monoisotopic (exact) mass is 324 g/mol. The van der Waals surface area contributed by atoms with E-state index in [1.54, 1.807) is 6.20 Å². The number of halogens is 1. The number of rotatable bonds is 4. The van der Waals surface area contributed by atoms with Crippen LogP contribution in [0.1, 0.15) is 26.5 Å². The van der Waals surface area contributed by atoms with E-state index < -0.39 is 0 Å². The van der Waals surface area contributed by atoms with Crippen molar-refractivity contribution >= 4 is 15.9 Å². The fraction of sp³-hybridized carbons (Fsp3) is 0.462. The molecule has 0 unspecified atom stereocenters. The summed E-state index contributed by atoms with van der Waals surface area (Å²) in [5, 5.41) is 4.20. The van der Waals surface area contributed by atoms with Gasteiger partial charge < -0.3 is 4.98 Å². The van der Waals surface area contributed by atoms with Crippen LogP contribution in [0.3, 0.4) is 0 Å². The Kier molecular flexibility index (Phi) is 4.19. The smallest absolute Gasteiger partial charge is 0.265 e. The lowest BCUT2D eigenvalue weighted by Gasteiger charge is -2.09. The molecule has 2 aromatic heterocycles. The van der Waals surface area contributed by atoms with E-state index in [4.69, 9.17) is 0 Å². The molecule has 5 nitrogen and oxygen atoms in total. The van der Waals surface area contributed by atoms with Gasteiger partial charge in [-0.3, -0.25) is 9.48 Å². The van der Waals surface area contributed by atoms with Crippen molar-refractivity contribution in [3.63, 3.8) is 0 Å². The highest BCUT2D eigenvalue weighted by atomic mass is 79.9. The summed E-state index contributed by atoms with van der Waals surface area (Å²) in [6.45, 7) is 6.95. The maximum atomic E-state index is 12.0.